The van der Waals surface area contributed by atoms with Crippen molar-refractivity contribution in [1.29, 1.82) is 0 Å². The Labute approximate surface area is 50.0 Å². The van der Waals surface area contributed by atoms with Gasteiger partial charge in [0.15, 0.2) is 0 Å². The van der Waals surface area contributed by atoms with Crippen LogP contribution < -0.4 is 0 Å². The highest BCUT2D eigenvalue weighted by Crippen LogP contribution is 1.88. The van der Waals surface area contributed by atoms with E-state index in [1.165, 1.54) is 0 Å². The first-order valence-corrected chi connectivity index (χ1v) is 2.30. The fraction of sp³-hybridized carbons (Fsp3) is 1.00. The molecule has 0 saturated heterocycles. The highest BCUT2D eigenvalue weighted by Gasteiger charge is 2.12. The Morgan fingerprint density at radius 1 is 1.00 bits per heavy atom. The molecule has 4 heteroatoms. The number of aliphatic hydroxyl groups is 4. The Hall–Kier alpha value is -0.160. The van der Waals surface area contributed by atoms with E-state index in [9.17, 15) is 0 Å². The molecule has 0 saturated carbocycles. The summed E-state index contributed by atoms with van der Waals surface area (Å²) in [5.41, 5.74) is 0. The predicted molar refractivity (Wildman–Crippen MR) is 30.4 cm³/mol. The standard InChI is InChI=1S/C4H10O4.2H2/c5-1-3(7)4(8)2-6;;/h3-8H,1-2H2;2*1H/t3-,4+;;. The van der Waals surface area contributed by atoms with Crippen LogP contribution in [0.25, 0.3) is 0 Å². The molecule has 4 N–H and O–H groups in total. The van der Waals surface area contributed by atoms with E-state index in [1.807, 2.05) is 0 Å². The fourth-order valence-electron chi connectivity index (χ4n) is 0.243. The van der Waals surface area contributed by atoms with Crippen molar-refractivity contribution in [3.8, 4) is 0 Å². The summed E-state index contributed by atoms with van der Waals surface area (Å²) in [4.78, 5) is 0. The summed E-state index contributed by atoms with van der Waals surface area (Å²) in [6.45, 7) is -1.05. The third-order valence-electron chi connectivity index (χ3n) is 0.818. The molecular weight excluding hydrogens is 112 g/mol. The van der Waals surface area contributed by atoms with Gasteiger partial charge in [-0.25, -0.2) is 0 Å². The topological polar surface area (TPSA) is 80.9 Å². The van der Waals surface area contributed by atoms with Crippen molar-refractivity contribution in [2.24, 2.45) is 0 Å². The van der Waals surface area contributed by atoms with Gasteiger partial charge < -0.3 is 20.4 Å². The smallest absolute Gasteiger partial charge is 0.105 e. The van der Waals surface area contributed by atoms with Gasteiger partial charge in [0, 0.05) is 2.85 Å². The Morgan fingerprint density at radius 2 is 1.25 bits per heavy atom. The largest absolute Gasteiger partial charge is 0.394 e. The van der Waals surface area contributed by atoms with Gasteiger partial charge >= 0.3 is 0 Å². The van der Waals surface area contributed by atoms with Crippen LogP contribution in [0.4, 0.5) is 0 Å². The zero-order chi connectivity index (χ0) is 6.57. The van der Waals surface area contributed by atoms with E-state index in [2.05, 4.69) is 0 Å². The molecule has 2 atom stereocenters. The molecule has 0 heterocycles. The molecule has 0 unspecified atom stereocenters. The molecule has 0 amide bonds. The maximum absolute atomic E-state index is 8.47. The first-order valence-electron chi connectivity index (χ1n) is 2.30. The van der Waals surface area contributed by atoms with Gasteiger partial charge in [-0.15, -0.1) is 0 Å². The van der Waals surface area contributed by atoms with Gasteiger partial charge in [0.05, 0.1) is 13.2 Å². The van der Waals surface area contributed by atoms with Crippen LogP contribution in [-0.2, 0) is 0 Å². The van der Waals surface area contributed by atoms with Crippen molar-refractivity contribution in [3.63, 3.8) is 0 Å². The van der Waals surface area contributed by atoms with E-state index in [0.717, 1.165) is 0 Å². The maximum atomic E-state index is 8.47. The van der Waals surface area contributed by atoms with E-state index in [-0.39, 0.29) is 2.85 Å². The summed E-state index contributed by atoms with van der Waals surface area (Å²) in [5.74, 6) is 0. The Morgan fingerprint density at radius 3 is 1.38 bits per heavy atom. The van der Waals surface area contributed by atoms with Crippen LogP contribution >= 0.6 is 0 Å². The molecule has 54 valence electrons. The van der Waals surface area contributed by atoms with Crippen molar-refractivity contribution in [3.05, 3.63) is 0 Å². The van der Waals surface area contributed by atoms with Crippen molar-refractivity contribution < 1.29 is 23.3 Å². The molecule has 0 fully saturated rings. The lowest BCUT2D eigenvalue weighted by molar-refractivity contribution is -0.0388. The van der Waals surface area contributed by atoms with Crippen LogP contribution in [0.1, 0.15) is 2.85 Å². The molecule has 4 nitrogen and oxygen atoms in total. The van der Waals surface area contributed by atoms with Crippen LogP contribution in [-0.4, -0.2) is 45.8 Å². The fourth-order valence-corrected chi connectivity index (χ4v) is 0.243. The maximum Gasteiger partial charge on any atom is 0.105 e. The highest BCUT2D eigenvalue weighted by atomic mass is 16.4. The number of hydrogen-bond acceptors (Lipinski definition) is 4. The lowest BCUT2D eigenvalue weighted by Crippen LogP contribution is -2.31. The van der Waals surface area contributed by atoms with E-state index in [1.54, 1.807) is 0 Å². The van der Waals surface area contributed by atoms with Crippen molar-refractivity contribution in [2.45, 2.75) is 12.2 Å². The van der Waals surface area contributed by atoms with Gasteiger partial charge in [-0.3, -0.25) is 0 Å². The Bertz CT molecular complexity index is 55.2. The second kappa shape index (κ2) is 3.80. The average molecular weight is 126 g/mol. The third kappa shape index (κ3) is 2.23. The average Bonchev–Trinajstić information content (AvgIpc) is 1.84. The van der Waals surface area contributed by atoms with Crippen LogP contribution in [0.3, 0.4) is 0 Å². The summed E-state index contributed by atoms with van der Waals surface area (Å²) >= 11 is 0. The zero-order valence-electron chi connectivity index (χ0n) is 4.36. The van der Waals surface area contributed by atoms with Crippen LogP contribution in [0, 0.1) is 0 Å². The first kappa shape index (κ1) is 7.84. The second-order valence-electron chi connectivity index (χ2n) is 1.50. The molecule has 0 aliphatic rings. The van der Waals surface area contributed by atoms with Crippen LogP contribution in [0.15, 0.2) is 0 Å². The minimum Gasteiger partial charge on any atom is -0.394 e. The summed E-state index contributed by atoms with van der Waals surface area (Å²) < 4.78 is 0. The van der Waals surface area contributed by atoms with E-state index in [4.69, 9.17) is 20.4 Å². The quantitative estimate of drug-likeness (QED) is 0.359. The van der Waals surface area contributed by atoms with Gasteiger partial charge in [0.2, 0.25) is 0 Å². The number of rotatable bonds is 3. The van der Waals surface area contributed by atoms with E-state index >= 15 is 0 Å². The number of hydrogen-bond donors (Lipinski definition) is 4. The molecule has 0 aromatic heterocycles. The molecule has 0 aliphatic heterocycles. The highest BCUT2D eigenvalue weighted by molar-refractivity contribution is 4.62. The van der Waals surface area contributed by atoms with Crippen molar-refractivity contribution >= 4 is 0 Å². The van der Waals surface area contributed by atoms with Crippen molar-refractivity contribution in [2.75, 3.05) is 13.2 Å². The second-order valence-corrected chi connectivity index (χ2v) is 1.50. The van der Waals surface area contributed by atoms with Crippen LogP contribution in [0.2, 0.25) is 0 Å². The zero-order valence-corrected chi connectivity index (χ0v) is 4.36. The summed E-state index contributed by atoms with van der Waals surface area (Å²) in [6.07, 6.45) is -2.44. The lowest BCUT2D eigenvalue weighted by Gasteiger charge is -2.10. The van der Waals surface area contributed by atoms with Gasteiger partial charge in [-0.2, -0.15) is 0 Å². The monoisotopic (exact) mass is 126 g/mol. The minimum atomic E-state index is -1.22. The van der Waals surface area contributed by atoms with Gasteiger partial charge in [0.25, 0.3) is 0 Å². The Balaban J connectivity index is -0.000000245. The summed E-state index contributed by atoms with van der Waals surface area (Å²) in [5, 5.41) is 33.2. The van der Waals surface area contributed by atoms with E-state index < -0.39 is 25.4 Å². The molecule has 0 bridgehead atoms. The molecular formula is C4H14O4. The van der Waals surface area contributed by atoms with Gasteiger partial charge in [-0.05, 0) is 0 Å². The van der Waals surface area contributed by atoms with Crippen molar-refractivity contribution in [1.82, 2.24) is 0 Å². The normalized spacial score (nSPS) is 18.0. The first-order chi connectivity index (χ1) is 3.72. The number of aliphatic hydroxyl groups excluding tert-OH is 4. The third-order valence-corrected chi connectivity index (χ3v) is 0.818. The molecule has 0 aromatic rings. The van der Waals surface area contributed by atoms with Gasteiger partial charge in [0.1, 0.15) is 12.2 Å². The molecule has 0 spiro atoms. The van der Waals surface area contributed by atoms with E-state index in [0.29, 0.717) is 0 Å². The molecule has 0 radical (unpaired) electrons. The molecule has 0 aliphatic carbocycles. The SMILES string of the molecule is OC[C@@H](O)[C@@H](O)CO.[HH].[HH]. The molecule has 0 rings (SSSR count). The Kier molecular flexibility index (Phi) is 3.72. The molecule has 8 heavy (non-hydrogen) atoms. The summed E-state index contributed by atoms with van der Waals surface area (Å²) in [6, 6.07) is 0. The minimum absolute atomic E-state index is 0. The van der Waals surface area contributed by atoms with Crippen LogP contribution in [0.5, 0.6) is 0 Å². The lowest BCUT2D eigenvalue weighted by atomic mass is 10.2. The van der Waals surface area contributed by atoms with Gasteiger partial charge in [-0.1, -0.05) is 0 Å². The predicted octanol–water partition coefficient (Wildman–Crippen LogP) is -1.82. The molecule has 0 aromatic carbocycles. The summed E-state index contributed by atoms with van der Waals surface area (Å²) in [7, 11) is 0.